The SMILES string of the molecule is CC1(C)C(/C=C/C=C/C=C2\N(CCCCCC(=O)O)c3ccc(S(=O)(=O)[O-])cc3C2(C)C)=Nc2c1ccc[n+]2CCCS(=O)(=O)[O-]. The van der Waals surface area contributed by atoms with E-state index in [2.05, 4.69) is 18.7 Å². The van der Waals surface area contributed by atoms with Crippen molar-refractivity contribution in [1.82, 2.24) is 0 Å². The van der Waals surface area contributed by atoms with Crippen molar-refractivity contribution in [3.05, 3.63) is 83.7 Å². The van der Waals surface area contributed by atoms with Crippen molar-refractivity contribution in [2.45, 2.75) is 82.1 Å². The number of allylic oxidation sites excluding steroid dienone is 6. The fraction of sp³-hybridized carbons (Fsp3) is 0.424. The molecule has 2 aromatic rings. The zero-order valence-corrected chi connectivity index (χ0v) is 28.1. The molecule has 0 radical (unpaired) electrons. The summed E-state index contributed by atoms with van der Waals surface area (Å²) in [7, 11) is -8.93. The molecule has 0 bridgehead atoms. The van der Waals surface area contributed by atoms with Gasteiger partial charge in [0.25, 0.3) is 0 Å². The molecule has 0 spiro atoms. The number of aliphatic carboxylic acids is 1. The molecule has 0 aliphatic carbocycles. The first kappa shape index (κ1) is 35.2. The highest BCUT2D eigenvalue weighted by atomic mass is 32.2. The number of aliphatic imine (C=N–C) groups is 1. The van der Waals surface area contributed by atoms with Crippen LogP contribution in [0.5, 0.6) is 0 Å². The van der Waals surface area contributed by atoms with Gasteiger partial charge >= 0.3 is 11.8 Å². The van der Waals surface area contributed by atoms with Crippen LogP contribution in [0, 0.1) is 0 Å². The third-order valence-corrected chi connectivity index (χ3v) is 10.1. The molecule has 2 aliphatic heterocycles. The Bertz CT molecular complexity index is 1840. The van der Waals surface area contributed by atoms with Crippen molar-refractivity contribution >= 4 is 43.4 Å². The Morgan fingerprint density at radius 1 is 0.957 bits per heavy atom. The van der Waals surface area contributed by atoms with E-state index in [0.29, 0.717) is 19.5 Å². The normalized spacial score (nSPS) is 18.0. The van der Waals surface area contributed by atoms with Gasteiger partial charge in [-0.05, 0) is 86.1 Å². The second-order valence-electron chi connectivity index (χ2n) is 12.6. The number of hydrogen-bond donors (Lipinski definition) is 1. The topological polar surface area (TPSA) is 171 Å². The molecule has 0 atom stereocenters. The molecule has 0 amide bonds. The Hall–Kier alpha value is -3.65. The molecule has 1 aromatic carbocycles. The van der Waals surface area contributed by atoms with E-state index >= 15 is 0 Å². The number of hydrogen-bond acceptors (Lipinski definition) is 9. The average molecular weight is 671 g/mol. The van der Waals surface area contributed by atoms with Gasteiger partial charge in [-0.3, -0.25) is 4.79 Å². The molecule has 2 aliphatic rings. The standard InChI is InChI=1S/C33H41N3O8S2/c1-32(2)25-13-11-19-35(20-12-22-45(39,40)41)31(25)34-28(32)14-7-5-8-15-29-33(3,4)26-23-24(46(42,43)44)17-18-27(26)36(29)21-10-6-9-16-30(37)38/h5,7-8,11,13-15,17-19,23H,6,9-10,12,16,20-22H2,1-4H3,(H2-,37,38,39,40,41,42,43,44)/p-1. The van der Waals surface area contributed by atoms with Gasteiger partial charge in [0.05, 0.1) is 38.7 Å². The second kappa shape index (κ2) is 13.6. The van der Waals surface area contributed by atoms with Gasteiger partial charge in [-0.2, -0.15) is 0 Å². The molecular formula is C33H40N3O8S2-. The minimum absolute atomic E-state index is 0.101. The van der Waals surface area contributed by atoms with Crippen LogP contribution in [0.3, 0.4) is 0 Å². The summed E-state index contributed by atoms with van der Waals surface area (Å²) in [6.07, 6.45) is 13.6. The third-order valence-electron chi connectivity index (χ3n) is 8.53. The highest BCUT2D eigenvalue weighted by Gasteiger charge is 2.42. The summed E-state index contributed by atoms with van der Waals surface area (Å²) in [6, 6.07) is 8.31. The maximum Gasteiger partial charge on any atom is 0.327 e. The van der Waals surface area contributed by atoms with Gasteiger partial charge in [0.2, 0.25) is 0 Å². The van der Waals surface area contributed by atoms with E-state index in [1.54, 1.807) is 6.07 Å². The van der Waals surface area contributed by atoms with Crippen LogP contribution in [0.25, 0.3) is 0 Å². The quantitative estimate of drug-likeness (QED) is 0.130. The molecule has 11 nitrogen and oxygen atoms in total. The maximum absolute atomic E-state index is 11.8. The number of carboxylic acids is 1. The largest absolute Gasteiger partial charge is 0.748 e. The van der Waals surface area contributed by atoms with E-state index < -0.39 is 42.8 Å². The summed E-state index contributed by atoms with van der Waals surface area (Å²) in [4.78, 5) is 17.6. The minimum atomic E-state index is -4.63. The summed E-state index contributed by atoms with van der Waals surface area (Å²) < 4.78 is 70.4. The number of carbonyl (C=O) groups is 1. The fourth-order valence-corrected chi connectivity index (χ4v) is 7.00. The van der Waals surface area contributed by atoms with Crippen LogP contribution in [0.4, 0.5) is 11.5 Å². The van der Waals surface area contributed by atoms with Crippen molar-refractivity contribution < 1.29 is 40.4 Å². The highest BCUT2D eigenvalue weighted by molar-refractivity contribution is 7.86. The first-order valence-electron chi connectivity index (χ1n) is 15.1. The molecule has 3 heterocycles. The molecule has 1 N–H and O–H groups in total. The molecule has 1 aromatic heterocycles. The lowest BCUT2D eigenvalue weighted by molar-refractivity contribution is -0.684. The number of fused-ring (bicyclic) bond motifs is 2. The van der Waals surface area contributed by atoms with Gasteiger partial charge in [0.1, 0.15) is 10.1 Å². The van der Waals surface area contributed by atoms with Gasteiger partial charge in [-0.25, -0.2) is 21.4 Å². The van der Waals surface area contributed by atoms with E-state index in [1.807, 2.05) is 67.1 Å². The van der Waals surface area contributed by atoms with Gasteiger partial charge < -0.3 is 19.1 Å². The Kier molecular flexibility index (Phi) is 10.4. The predicted octanol–water partition coefficient (Wildman–Crippen LogP) is 4.62. The van der Waals surface area contributed by atoms with Crippen LogP contribution in [0.2, 0.25) is 0 Å². The Morgan fingerprint density at radius 3 is 2.37 bits per heavy atom. The van der Waals surface area contributed by atoms with Crippen LogP contribution in [0.15, 0.2) is 82.5 Å². The van der Waals surface area contributed by atoms with E-state index in [-0.39, 0.29) is 17.7 Å². The number of benzene rings is 1. The zero-order valence-electron chi connectivity index (χ0n) is 26.5. The van der Waals surface area contributed by atoms with Crippen molar-refractivity contribution in [3.63, 3.8) is 0 Å². The number of carboxylic acid groups (broad SMARTS) is 1. The first-order chi connectivity index (χ1) is 21.4. The van der Waals surface area contributed by atoms with E-state index in [1.165, 1.54) is 12.1 Å². The van der Waals surface area contributed by atoms with E-state index in [9.17, 15) is 30.7 Å². The molecule has 0 saturated heterocycles. The Labute approximate surface area is 271 Å². The highest BCUT2D eigenvalue weighted by Crippen LogP contribution is 2.48. The molecule has 13 heteroatoms. The van der Waals surface area contributed by atoms with Crippen LogP contribution < -0.4 is 9.47 Å². The fourth-order valence-electron chi connectivity index (χ4n) is 6.02. The third kappa shape index (κ3) is 8.00. The van der Waals surface area contributed by atoms with Crippen molar-refractivity contribution in [3.8, 4) is 0 Å². The molecule has 0 fully saturated rings. The number of aromatic nitrogens is 1. The Morgan fingerprint density at radius 2 is 1.70 bits per heavy atom. The van der Waals surface area contributed by atoms with E-state index in [4.69, 9.17) is 10.1 Å². The van der Waals surface area contributed by atoms with Crippen LogP contribution in [0.1, 0.15) is 70.9 Å². The molecule has 0 saturated carbocycles. The summed E-state index contributed by atoms with van der Waals surface area (Å²) >= 11 is 0. The van der Waals surface area contributed by atoms with Crippen molar-refractivity contribution in [1.29, 1.82) is 0 Å². The minimum Gasteiger partial charge on any atom is -0.748 e. The van der Waals surface area contributed by atoms with Gasteiger partial charge in [-0.1, -0.05) is 38.5 Å². The lowest BCUT2D eigenvalue weighted by atomic mass is 9.82. The predicted molar refractivity (Wildman–Crippen MR) is 173 cm³/mol. The van der Waals surface area contributed by atoms with E-state index in [0.717, 1.165) is 46.9 Å². The van der Waals surface area contributed by atoms with Crippen LogP contribution in [-0.4, -0.2) is 55.0 Å². The summed E-state index contributed by atoms with van der Waals surface area (Å²) in [5.74, 6) is -0.543. The molecule has 0 unspecified atom stereocenters. The number of unbranched alkanes of at least 4 members (excludes halogenated alkanes) is 2. The number of nitrogens with zero attached hydrogens (tertiary/aromatic N) is 3. The molecular weight excluding hydrogens is 631 g/mol. The Balaban J connectivity index is 1.56. The maximum atomic E-state index is 11.8. The van der Waals surface area contributed by atoms with Gasteiger partial charge in [-0.15, -0.1) is 0 Å². The van der Waals surface area contributed by atoms with Crippen LogP contribution >= 0.6 is 0 Å². The number of aryl methyl sites for hydroxylation is 1. The van der Waals surface area contributed by atoms with Crippen LogP contribution in [-0.2, 0) is 42.4 Å². The smallest absolute Gasteiger partial charge is 0.327 e. The van der Waals surface area contributed by atoms with Gasteiger partial charge in [0, 0.05) is 35.5 Å². The lowest BCUT2D eigenvalue weighted by Crippen LogP contribution is -2.35. The lowest BCUT2D eigenvalue weighted by Gasteiger charge is -2.27. The summed E-state index contributed by atoms with van der Waals surface area (Å²) in [6.45, 7) is 9.01. The average Bonchev–Trinajstić information content (AvgIpc) is 3.33. The summed E-state index contributed by atoms with van der Waals surface area (Å²) in [5.41, 5.74) is 3.26. The molecule has 248 valence electrons. The molecule has 46 heavy (non-hydrogen) atoms. The van der Waals surface area contributed by atoms with Crippen molar-refractivity contribution in [2.75, 3.05) is 17.2 Å². The first-order valence-corrected chi connectivity index (χ1v) is 18.1. The number of rotatable bonds is 14. The van der Waals surface area contributed by atoms with Gasteiger partial charge in [0.15, 0.2) is 5.71 Å². The number of anilines is 1. The number of pyridine rings is 1. The second-order valence-corrected chi connectivity index (χ2v) is 15.5. The van der Waals surface area contributed by atoms with Crippen molar-refractivity contribution in [2.24, 2.45) is 4.99 Å². The monoisotopic (exact) mass is 670 g/mol. The zero-order chi connectivity index (χ0) is 33.9. The summed E-state index contributed by atoms with van der Waals surface area (Å²) in [5, 5.41) is 8.97. The molecule has 4 rings (SSSR count).